The predicted molar refractivity (Wildman–Crippen MR) is 71.4 cm³/mol. The molecule has 0 aromatic carbocycles. The molecule has 0 amide bonds. The Kier molecular flexibility index (Phi) is 4.63. The average Bonchev–Trinajstić information content (AvgIpc) is 3.09. The third kappa shape index (κ3) is 2.70. The average molecular weight is 268 g/mol. The normalized spacial score (nSPS) is 42.4. The molecule has 4 heteroatoms. The van der Waals surface area contributed by atoms with Crippen molar-refractivity contribution in [2.75, 3.05) is 13.2 Å². The van der Waals surface area contributed by atoms with Gasteiger partial charge in [0.1, 0.15) is 0 Å². The number of carboxylic acids is 1. The molecule has 0 aromatic rings. The van der Waals surface area contributed by atoms with Gasteiger partial charge < -0.3 is 15.3 Å². The van der Waals surface area contributed by atoms with E-state index in [1.807, 2.05) is 0 Å². The summed E-state index contributed by atoms with van der Waals surface area (Å²) in [5.74, 6) is 3.27. The van der Waals surface area contributed by atoms with E-state index in [4.69, 9.17) is 5.11 Å². The van der Waals surface area contributed by atoms with Crippen LogP contribution in [0.1, 0.15) is 25.7 Å². The summed E-state index contributed by atoms with van der Waals surface area (Å²) in [6.07, 6.45) is 6.25. The molecule has 108 valence electrons. The van der Waals surface area contributed by atoms with E-state index >= 15 is 0 Å². The van der Waals surface area contributed by atoms with Crippen LogP contribution in [0.25, 0.3) is 0 Å². The number of hydrogen-bond acceptors (Lipinski definition) is 3. The molecule has 0 radical (unpaired) electrons. The van der Waals surface area contributed by atoms with Gasteiger partial charge in [-0.3, -0.25) is 0 Å². The number of carbonyl (C=O) groups is 1. The van der Waals surface area contributed by atoms with E-state index in [0.29, 0.717) is 18.4 Å². The Labute approximate surface area is 114 Å². The molecule has 0 saturated heterocycles. The first-order valence-electron chi connectivity index (χ1n) is 7.19. The first-order valence-corrected chi connectivity index (χ1v) is 7.19. The summed E-state index contributed by atoms with van der Waals surface area (Å²) < 4.78 is 0. The van der Waals surface area contributed by atoms with E-state index in [1.165, 1.54) is 25.7 Å². The van der Waals surface area contributed by atoms with Gasteiger partial charge in [0, 0.05) is 19.3 Å². The van der Waals surface area contributed by atoms with Gasteiger partial charge in [-0.05, 0) is 61.2 Å². The minimum atomic E-state index is -0.981. The first-order chi connectivity index (χ1) is 9.12. The lowest BCUT2D eigenvalue weighted by Gasteiger charge is -2.28. The molecule has 3 saturated carbocycles. The van der Waals surface area contributed by atoms with Crippen LogP contribution in [0.2, 0.25) is 0 Å². The maximum atomic E-state index is 9.43. The smallest absolute Gasteiger partial charge is 0.327 e. The van der Waals surface area contributed by atoms with E-state index in [1.54, 1.807) is 0 Å². The van der Waals surface area contributed by atoms with Gasteiger partial charge in [0.25, 0.3) is 0 Å². The van der Waals surface area contributed by atoms with Gasteiger partial charge in [0.15, 0.2) is 0 Å². The Bertz CT molecular complexity index is 341. The van der Waals surface area contributed by atoms with Crippen LogP contribution in [0.3, 0.4) is 0 Å². The van der Waals surface area contributed by atoms with Crippen LogP contribution in [0, 0.1) is 35.5 Å². The van der Waals surface area contributed by atoms with Crippen LogP contribution in [-0.2, 0) is 4.79 Å². The maximum Gasteiger partial charge on any atom is 0.327 e. The van der Waals surface area contributed by atoms with E-state index in [-0.39, 0.29) is 6.61 Å². The lowest BCUT2D eigenvalue weighted by Crippen LogP contribution is -2.27. The summed E-state index contributed by atoms with van der Waals surface area (Å²) in [7, 11) is 0. The zero-order valence-electron chi connectivity index (χ0n) is 11.2. The van der Waals surface area contributed by atoms with E-state index < -0.39 is 5.97 Å². The van der Waals surface area contributed by atoms with E-state index in [0.717, 1.165) is 29.7 Å². The number of aliphatic hydroxyl groups excluding tert-OH is 2. The maximum absolute atomic E-state index is 9.43. The third-order valence-electron chi connectivity index (χ3n) is 5.45. The Morgan fingerprint density at radius 2 is 1.79 bits per heavy atom. The number of fused-ring (bicyclic) bond motifs is 5. The highest BCUT2D eigenvalue weighted by molar-refractivity contribution is 5.78. The largest absolute Gasteiger partial charge is 0.478 e. The standard InChI is InChI=1S/C12H20O2.C3H4O2/c13-5-9-4-10-7-1-2-8(3-7)12(10)11(9)6-14;1-2-3(4)5/h7-14H,1-6H2;2H,1H2,(H,4,5). The fraction of sp³-hybridized carbons (Fsp3) is 0.800. The van der Waals surface area contributed by atoms with Crippen molar-refractivity contribution in [2.45, 2.75) is 25.7 Å². The molecule has 3 rings (SSSR count). The summed E-state index contributed by atoms with van der Waals surface area (Å²) in [5.41, 5.74) is 0. The second-order valence-electron chi connectivity index (χ2n) is 6.14. The fourth-order valence-electron chi connectivity index (χ4n) is 4.79. The van der Waals surface area contributed by atoms with Crippen LogP contribution in [-0.4, -0.2) is 34.5 Å². The second-order valence-corrected chi connectivity index (χ2v) is 6.14. The van der Waals surface area contributed by atoms with Crippen LogP contribution in [0.4, 0.5) is 0 Å². The van der Waals surface area contributed by atoms with Gasteiger partial charge in [-0.2, -0.15) is 0 Å². The molecule has 0 aliphatic heterocycles. The van der Waals surface area contributed by atoms with Gasteiger partial charge in [-0.1, -0.05) is 6.58 Å². The number of aliphatic carboxylic acids is 1. The van der Waals surface area contributed by atoms with Crippen LogP contribution in [0.5, 0.6) is 0 Å². The zero-order chi connectivity index (χ0) is 14.0. The van der Waals surface area contributed by atoms with Crippen molar-refractivity contribution in [1.82, 2.24) is 0 Å². The lowest BCUT2D eigenvalue weighted by molar-refractivity contribution is -0.131. The lowest BCUT2D eigenvalue weighted by atomic mass is 9.77. The molecular weight excluding hydrogens is 244 g/mol. The zero-order valence-corrected chi connectivity index (χ0v) is 11.2. The molecule has 0 aromatic heterocycles. The highest BCUT2D eigenvalue weighted by atomic mass is 16.4. The summed E-state index contributed by atoms with van der Waals surface area (Å²) in [6.45, 7) is 3.55. The highest BCUT2D eigenvalue weighted by Crippen LogP contribution is 2.61. The number of carboxylic acid groups (broad SMARTS) is 1. The predicted octanol–water partition coefficient (Wildman–Crippen LogP) is 1.53. The van der Waals surface area contributed by atoms with Crippen LogP contribution < -0.4 is 0 Å². The molecule has 6 unspecified atom stereocenters. The van der Waals surface area contributed by atoms with Crippen molar-refractivity contribution in [1.29, 1.82) is 0 Å². The molecule has 4 nitrogen and oxygen atoms in total. The molecule has 19 heavy (non-hydrogen) atoms. The van der Waals surface area contributed by atoms with Gasteiger partial charge in [-0.25, -0.2) is 4.79 Å². The molecule has 0 heterocycles. The summed E-state index contributed by atoms with van der Waals surface area (Å²) in [6, 6.07) is 0. The van der Waals surface area contributed by atoms with E-state index in [2.05, 4.69) is 6.58 Å². The van der Waals surface area contributed by atoms with E-state index in [9.17, 15) is 15.0 Å². The van der Waals surface area contributed by atoms with Crippen molar-refractivity contribution in [3.8, 4) is 0 Å². The third-order valence-corrected chi connectivity index (χ3v) is 5.45. The van der Waals surface area contributed by atoms with Crippen molar-refractivity contribution < 1.29 is 20.1 Å². The monoisotopic (exact) mass is 268 g/mol. The summed E-state index contributed by atoms with van der Waals surface area (Å²) in [5, 5.41) is 26.3. The molecule has 3 aliphatic rings. The SMILES string of the molecule is C=CC(=O)O.OCC1CC2C3CCC(C3)C2C1CO. The minimum Gasteiger partial charge on any atom is -0.478 e. The topological polar surface area (TPSA) is 77.8 Å². The molecule has 3 fully saturated rings. The number of hydrogen-bond donors (Lipinski definition) is 3. The van der Waals surface area contributed by atoms with Gasteiger partial charge >= 0.3 is 5.97 Å². The molecular formula is C15H24O4. The van der Waals surface area contributed by atoms with Crippen molar-refractivity contribution >= 4 is 5.97 Å². The quantitative estimate of drug-likeness (QED) is 0.678. The summed E-state index contributed by atoms with van der Waals surface area (Å²) >= 11 is 0. The van der Waals surface area contributed by atoms with Gasteiger partial charge in [0.2, 0.25) is 0 Å². The minimum absolute atomic E-state index is 0.289. The molecule has 0 spiro atoms. The van der Waals surface area contributed by atoms with Crippen LogP contribution >= 0.6 is 0 Å². The number of rotatable bonds is 3. The molecule has 6 atom stereocenters. The molecule has 3 aliphatic carbocycles. The summed E-state index contributed by atoms with van der Waals surface area (Å²) in [4.78, 5) is 9.25. The Hall–Kier alpha value is -0.870. The Morgan fingerprint density at radius 3 is 2.32 bits per heavy atom. The van der Waals surface area contributed by atoms with Crippen molar-refractivity contribution in [2.24, 2.45) is 35.5 Å². The highest BCUT2D eigenvalue weighted by Gasteiger charge is 2.55. The van der Waals surface area contributed by atoms with Crippen molar-refractivity contribution in [3.05, 3.63) is 12.7 Å². The van der Waals surface area contributed by atoms with Crippen molar-refractivity contribution in [3.63, 3.8) is 0 Å². The fourth-order valence-corrected chi connectivity index (χ4v) is 4.79. The second kappa shape index (κ2) is 6.06. The van der Waals surface area contributed by atoms with Gasteiger partial charge in [-0.15, -0.1) is 0 Å². The Morgan fingerprint density at radius 1 is 1.16 bits per heavy atom. The Balaban J connectivity index is 0.000000232. The first kappa shape index (κ1) is 14.5. The van der Waals surface area contributed by atoms with Gasteiger partial charge in [0.05, 0.1) is 0 Å². The molecule has 3 N–H and O–H groups in total. The van der Waals surface area contributed by atoms with Crippen LogP contribution in [0.15, 0.2) is 12.7 Å². The molecule has 2 bridgehead atoms. The number of aliphatic hydroxyl groups is 2.